The molecule has 2 unspecified atom stereocenters. The van der Waals surface area contributed by atoms with Crippen LogP contribution >= 0.6 is 11.3 Å². The van der Waals surface area contributed by atoms with E-state index in [0.717, 1.165) is 12.2 Å². The lowest BCUT2D eigenvalue weighted by molar-refractivity contribution is 0.233. The quantitative estimate of drug-likeness (QED) is 0.912. The lowest BCUT2D eigenvalue weighted by Gasteiger charge is -2.28. The number of hydrogen-bond donors (Lipinski definition) is 1. The third kappa shape index (κ3) is 3.11. The van der Waals surface area contributed by atoms with Crippen LogP contribution in [-0.2, 0) is 0 Å². The fraction of sp³-hybridized carbons (Fsp3) is 0.786. The van der Waals surface area contributed by atoms with Crippen molar-refractivity contribution in [1.82, 2.24) is 9.88 Å². The van der Waals surface area contributed by atoms with Gasteiger partial charge in [-0.15, -0.1) is 11.3 Å². The number of rotatable bonds is 4. The molecule has 1 aliphatic heterocycles. The second-order valence-corrected chi connectivity index (χ2v) is 6.63. The van der Waals surface area contributed by atoms with Gasteiger partial charge in [0, 0.05) is 23.8 Å². The van der Waals surface area contributed by atoms with Crippen molar-refractivity contribution in [2.75, 3.05) is 26.7 Å². The Morgan fingerprint density at radius 2 is 2.33 bits per heavy atom. The predicted octanol–water partition coefficient (Wildman–Crippen LogP) is 2.68. The molecule has 1 aromatic rings. The molecule has 0 aliphatic carbocycles. The summed E-state index contributed by atoms with van der Waals surface area (Å²) >= 11 is 1.77. The zero-order chi connectivity index (χ0) is 13.1. The van der Waals surface area contributed by atoms with Crippen molar-refractivity contribution in [3.05, 3.63) is 16.1 Å². The molecule has 3 nitrogen and oxygen atoms in total. The first kappa shape index (κ1) is 14.0. The van der Waals surface area contributed by atoms with E-state index in [2.05, 4.69) is 31.2 Å². The monoisotopic (exact) mass is 268 g/mol. The maximum atomic E-state index is 9.47. The van der Waals surface area contributed by atoms with Gasteiger partial charge in [-0.2, -0.15) is 0 Å². The molecule has 2 rings (SSSR count). The van der Waals surface area contributed by atoms with E-state index in [4.69, 9.17) is 4.98 Å². The summed E-state index contributed by atoms with van der Waals surface area (Å²) in [5, 5.41) is 12.9. The van der Waals surface area contributed by atoms with E-state index < -0.39 is 0 Å². The fourth-order valence-corrected chi connectivity index (χ4v) is 3.68. The highest BCUT2D eigenvalue weighted by Crippen LogP contribution is 2.32. The Morgan fingerprint density at radius 3 is 2.94 bits per heavy atom. The lowest BCUT2D eigenvalue weighted by Crippen LogP contribution is -2.30. The van der Waals surface area contributed by atoms with Gasteiger partial charge < -0.3 is 10.0 Å². The van der Waals surface area contributed by atoms with E-state index >= 15 is 0 Å². The summed E-state index contributed by atoms with van der Waals surface area (Å²) in [6, 6.07) is 0. The number of aliphatic hydroxyl groups is 1. The Kier molecular flexibility index (Phi) is 4.76. The van der Waals surface area contributed by atoms with Crippen molar-refractivity contribution in [1.29, 1.82) is 0 Å². The van der Waals surface area contributed by atoms with Crippen molar-refractivity contribution < 1.29 is 5.11 Å². The molecule has 0 amide bonds. The van der Waals surface area contributed by atoms with Crippen molar-refractivity contribution in [2.45, 2.75) is 38.5 Å². The first-order valence-electron chi connectivity index (χ1n) is 6.86. The second kappa shape index (κ2) is 6.13. The van der Waals surface area contributed by atoms with Crippen molar-refractivity contribution in [3.8, 4) is 0 Å². The summed E-state index contributed by atoms with van der Waals surface area (Å²) in [6.45, 7) is 6.83. The van der Waals surface area contributed by atoms with E-state index in [-0.39, 0.29) is 12.5 Å². The molecule has 4 heteroatoms. The molecule has 18 heavy (non-hydrogen) atoms. The number of nitrogens with zero attached hydrogens (tertiary/aromatic N) is 2. The third-order valence-corrected chi connectivity index (χ3v) is 4.92. The van der Waals surface area contributed by atoms with Crippen molar-refractivity contribution in [3.63, 3.8) is 0 Å². The number of aliphatic hydroxyl groups excluding tert-OH is 1. The van der Waals surface area contributed by atoms with E-state index in [1.807, 2.05) is 0 Å². The molecule has 2 atom stereocenters. The Labute approximate surface area is 114 Å². The van der Waals surface area contributed by atoms with Crippen LogP contribution in [0.25, 0.3) is 0 Å². The predicted molar refractivity (Wildman–Crippen MR) is 76.3 cm³/mol. The molecular weight excluding hydrogens is 244 g/mol. The van der Waals surface area contributed by atoms with Gasteiger partial charge in [-0.05, 0) is 32.4 Å². The highest BCUT2D eigenvalue weighted by molar-refractivity contribution is 7.09. The molecule has 0 saturated carbocycles. The van der Waals surface area contributed by atoms with Crippen LogP contribution in [0.5, 0.6) is 0 Å². The van der Waals surface area contributed by atoms with Gasteiger partial charge in [-0.1, -0.05) is 13.8 Å². The van der Waals surface area contributed by atoms with E-state index in [9.17, 15) is 5.11 Å². The third-order valence-electron chi connectivity index (χ3n) is 3.89. The van der Waals surface area contributed by atoms with Gasteiger partial charge in [0.1, 0.15) is 0 Å². The maximum Gasteiger partial charge on any atom is 0.0972 e. The number of likely N-dealkylation sites (N-methyl/N-ethyl adjacent to an activating group) is 1. The average Bonchev–Trinajstić information content (AvgIpc) is 2.79. The Hall–Kier alpha value is -0.450. The SMILES string of the molecule is CC(C)C(CO)c1csc(C2CCCN(C)C2)n1. The molecule has 1 saturated heterocycles. The van der Waals surface area contributed by atoms with Gasteiger partial charge >= 0.3 is 0 Å². The van der Waals surface area contributed by atoms with Crippen LogP contribution in [-0.4, -0.2) is 41.7 Å². The van der Waals surface area contributed by atoms with Crippen LogP contribution in [0.1, 0.15) is 49.2 Å². The summed E-state index contributed by atoms with van der Waals surface area (Å²) in [4.78, 5) is 7.18. The molecule has 1 fully saturated rings. The average molecular weight is 268 g/mol. The van der Waals surface area contributed by atoms with Crippen molar-refractivity contribution >= 4 is 11.3 Å². The Morgan fingerprint density at radius 1 is 1.56 bits per heavy atom. The molecule has 102 valence electrons. The highest BCUT2D eigenvalue weighted by Gasteiger charge is 2.24. The van der Waals surface area contributed by atoms with Gasteiger partial charge in [0.15, 0.2) is 0 Å². The summed E-state index contributed by atoms with van der Waals surface area (Å²) < 4.78 is 0. The van der Waals surface area contributed by atoms with Crippen LogP contribution in [0.15, 0.2) is 5.38 Å². The molecule has 0 bridgehead atoms. The number of piperidine rings is 1. The first-order chi connectivity index (χ1) is 8.61. The summed E-state index contributed by atoms with van der Waals surface area (Å²) in [7, 11) is 2.19. The number of hydrogen-bond acceptors (Lipinski definition) is 4. The van der Waals surface area contributed by atoms with Crippen LogP contribution in [0.2, 0.25) is 0 Å². The van der Waals surface area contributed by atoms with Gasteiger partial charge in [0.25, 0.3) is 0 Å². The van der Waals surface area contributed by atoms with Gasteiger partial charge in [0.2, 0.25) is 0 Å². The first-order valence-corrected chi connectivity index (χ1v) is 7.74. The van der Waals surface area contributed by atoms with Crippen LogP contribution < -0.4 is 0 Å². The van der Waals surface area contributed by atoms with E-state index in [1.165, 1.54) is 24.4 Å². The van der Waals surface area contributed by atoms with Crippen molar-refractivity contribution in [2.24, 2.45) is 5.92 Å². The molecule has 2 heterocycles. The number of thiazole rings is 1. The lowest BCUT2D eigenvalue weighted by atomic mass is 9.94. The van der Waals surface area contributed by atoms with E-state index in [0.29, 0.717) is 11.8 Å². The van der Waals surface area contributed by atoms with Crippen LogP contribution in [0.4, 0.5) is 0 Å². The zero-order valence-corrected chi connectivity index (χ0v) is 12.4. The van der Waals surface area contributed by atoms with Gasteiger partial charge in [0.05, 0.1) is 17.3 Å². The Balaban J connectivity index is 2.09. The van der Waals surface area contributed by atoms with E-state index in [1.54, 1.807) is 11.3 Å². The maximum absolute atomic E-state index is 9.47. The van der Waals surface area contributed by atoms with Gasteiger partial charge in [-0.25, -0.2) is 4.98 Å². The molecule has 1 N–H and O–H groups in total. The molecular formula is C14H24N2OS. The molecule has 1 aromatic heterocycles. The summed E-state index contributed by atoms with van der Waals surface area (Å²) in [5.41, 5.74) is 1.08. The minimum absolute atomic E-state index is 0.191. The molecule has 0 aromatic carbocycles. The minimum atomic E-state index is 0.191. The fourth-order valence-electron chi connectivity index (χ4n) is 2.67. The highest BCUT2D eigenvalue weighted by atomic mass is 32.1. The van der Waals surface area contributed by atoms with Crippen LogP contribution in [0, 0.1) is 5.92 Å². The van der Waals surface area contributed by atoms with Crippen LogP contribution in [0.3, 0.4) is 0 Å². The standard InChI is InChI=1S/C14H24N2OS/c1-10(2)12(8-17)13-9-18-14(15-13)11-5-4-6-16(3)7-11/h9-12,17H,4-8H2,1-3H3. The smallest absolute Gasteiger partial charge is 0.0972 e. The number of aromatic nitrogens is 1. The largest absolute Gasteiger partial charge is 0.396 e. The second-order valence-electron chi connectivity index (χ2n) is 5.75. The summed E-state index contributed by atoms with van der Waals surface area (Å²) in [5.74, 6) is 1.23. The zero-order valence-electron chi connectivity index (χ0n) is 11.6. The molecule has 0 spiro atoms. The Bertz CT molecular complexity index is 378. The topological polar surface area (TPSA) is 36.4 Å². The minimum Gasteiger partial charge on any atom is -0.396 e. The number of likely N-dealkylation sites (tertiary alicyclic amines) is 1. The molecule has 1 aliphatic rings. The summed E-state index contributed by atoms with van der Waals surface area (Å²) in [6.07, 6.45) is 2.52. The molecule has 0 radical (unpaired) electrons. The normalized spacial score (nSPS) is 23.5. The van der Waals surface area contributed by atoms with Gasteiger partial charge in [-0.3, -0.25) is 0 Å².